The summed E-state index contributed by atoms with van der Waals surface area (Å²) < 4.78 is 0. The number of piperidine rings is 1. The molecule has 0 aromatic carbocycles. The SMILES string of the molecule is CCC1(C)CCSC(=NC2CCN(C)CC2)N1. The number of likely N-dealkylation sites (tertiary alicyclic amines) is 1. The molecule has 3 nitrogen and oxygen atoms in total. The van der Waals surface area contributed by atoms with Crippen molar-refractivity contribution in [1.29, 1.82) is 0 Å². The second-order valence-electron chi connectivity index (χ2n) is 5.61. The predicted octanol–water partition coefficient (Wildman–Crippen LogP) is 2.33. The average molecular weight is 255 g/mol. The van der Waals surface area contributed by atoms with E-state index in [0.717, 1.165) is 0 Å². The number of nitrogens with zero attached hydrogens (tertiary/aromatic N) is 2. The molecule has 2 saturated heterocycles. The third-order valence-electron chi connectivity index (χ3n) is 4.07. The Labute approximate surface area is 109 Å². The molecule has 0 amide bonds. The first-order valence-corrected chi connectivity index (χ1v) is 7.77. The van der Waals surface area contributed by atoms with Gasteiger partial charge < -0.3 is 10.2 Å². The topological polar surface area (TPSA) is 27.6 Å². The Morgan fingerprint density at radius 1 is 1.47 bits per heavy atom. The number of thioether (sulfide) groups is 1. The first-order valence-electron chi connectivity index (χ1n) is 6.78. The summed E-state index contributed by atoms with van der Waals surface area (Å²) in [4.78, 5) is 7.31. The third-order valence-corrected chi connectivity index (χ3v) is 4.96. The van der Waals surface area contributed by atoms with Crippen molar-refractivity contribution in [3.05, 3.63) is 0 Å². The van der Waals surface area contributed by atoms with Crippen molar-refractivity contribution in [3.63, 3.8) is 0 Å². The summed E-state index contributed by atoms with van der Waals surface area (Å²) in [5.41, 5.74) is 0.273. The quantitative estimate of drug-likeness (QED) is 0.821. The average Bonchev–Trinajstić information content (AvgIpc) is 2.32. The minimum atomic E-state index is 0.273. The molecule has 2 fully saturated rings. The summed E-state index contributed by atoms with van der Waals surface area (Å²) >= 11 is 1.90. The van der Waals surface area contributed by atoms with E-state index in [2.05, 4.69) is 31.1 Å². The fourth-order valence-electron chi connectivity index (χ4n) is 2.35. The van der Waals surface area contributed by atoms with Crippen LogP contribution in [0.25, 0.3) is 0 Å². The van der Waals surface area contributed by atoms with Crippen LogP contribution in [0.3, 0.4) is 0 Å². The minimum Gasteiger partial charge on any atom is -0.360 e. The largest absolute Gasteiger partial charge is 0.360 e. The van der Waals surface area contributed by atoms with Crippen LogP contribution < -0.4 is 5.32 Å². The Morgan fingerprint density at radius 2 is 2.18 bits per heavy atom. The zero-order valence-electron chi connectivity index (χ0n) is 11.3. The Kier molecular flexibility index (Phi) is 4.36. The van der Waals surface area contributed by atoms with Gasteiger partial charge in [0.05, 0.1) is 6.04 Å². The predicted molar refractivity (Wildman–Crippen MR) is 76.9 cm³/mol. The van der Waals surface area contributed by atoms with Crippen LogP contribution in [0, 0.1) is 0 Å². The smallest absolute Gasteiger partial charge is 0.157 e. The van der Waals surface area contributed by atoms with Crippen LogP contribution in [0.5, 0.6) is 0 Å². The van der Waals surface area contributed by atoms with Gasteiger partial charge >= 0.3 is 0 Å². The molecular weight excluding hydrogens is 230 g/mol. The maximum atomic E-state index is 4.91. The zero-order chi connectivity index (χ0) is 12.3. The lowest BCUT2D eigenvalue weighted by Crippen LogP contribution is -2.48. The Balaban J connectivity index is 1.92. The fraction of sp³-hybridized carbons (Fsp3) is 0.923. The molecule has 0 aromatic heterocycles. The van der Waals surface area contributed by atoms with Gasteiger partial charge in [0.1, 0.15) is 0 Å². The zero-order valence-corrected chi connectivity index (χ0v) is 12.1. The van der Waals surface area contributed by atoms with Gasteiger partial charge in [0.25, 0.3) is 0 Å². The molecule has 2 heterocycles. The van der Waals surface area contributed by atoms with E-state index in [-0.39, 0.29) is 5.54 Å². The molecule has 2 rings (SSSR count). The van der Waals surface area contributed by atoms with Crippen molar-refractivity contribution in [3.8, 4) is 0 Å². The number of hydrogen-bond donors (Lipinski definition) is 1. The van der Waals surface area contributed by atoms with Crippen LogP contribution in [-0.2, 0) is 0 Å². The van der Waals surface area contributed by atoms with Gasteiger partial charge in [-0.15, -0.1) is 0 Å². The standard InChI is InChI=1S/C13H25N3S/c1-4-13(2)7-10-17-12(15-13)14-11-5-8-16(3)9-6-11/h11H,4-10H2,1-3H3,(H,14,15). The van der Waals surface area contributed by atoms with Crippen LogP contribution in [0.15, 0.2) is 4.99 Å². The summed E-state index contributed by atoms with van der Waals surface area (Å²) in [6.07, 6.45) is 4.86. The molecule has 2 aliphatic heterocycles. The van der Waals surface area contributed by atoms with Gasteiger partial charge in [-0.2, -0.15) is 0 Å². The van der Waals surface area contributed by atoms with Crippen molar-refractivity contribution in [2.45, 2.75) is 51.1 Å². The van der Waals surface area contributed by atoms with Gasteiger partial charge in [0.2, 0.25) is 0 Å². The van der Waals surface area contributed by atoms with Crippen LogP contribution in [0.4, 0.5) is 0 Å². The molecule has 0 aromatic rings. The number of amidine groups is 1. The summed E-state index contributed by atoms with van der Waals surface area (Å²) in [6.45, 7) is 6.96. The highest BCUT2D eigenvalue weighted by Gasteiger charge is 2.28. The normalized spacial score (nSPS) is 34.9. The Hall–Kier alpha value is -0.220. The maximum Gasteiger partial charge on any atom is 0.157 e. The van der Waals surface area contributed by atoms with Crippen LogP contribution in [0.1, 0.15) is 39.5 Å². The van der Waals surface area contributed by atoms with Crippen LogP contribution in [0.2, 0.25) is 0 Å². The molecule has 1 atom stereocenters. The molecule has 4 heteroatoms. The highest BCUT2D eigenvalue weighted by Crippen LogP contribution is 2.26. The van der Waals surface area contributed by atoms with Gasteiger partial charge in [0.15, 0.2) is 5.17 Å². The molecule has 98 valence electrons. The lowest BCUT2D eigenvalue weighted by molar-refractivity contribution is 0.256. The molecule has 0 saturated carbocycles. The van der Waals surface area contributed by atoms with Gasteiger partial charge in [-0.3, -0.25) is 4.99 Å². The monoisotopic (exact) mass is 255 g/mol. The van der Waals surface area contributed by atoms with Gasteiger partial charge in [0, 0.05) is 11.3 Å². The third kappa shape index (κ3) is 3.62. The second-order valence-corrected chi connectivity index (χ2v) is 6.69. The van der Waals surface area contributed by atoms with E-state index in [1.807, 2.05) is 11.8 Å². The first kappa shape index (κ1) is 13.2. The van der Waals surface area contributed by atoms with Crippen molar-refractivity contribution in [2.24, 2.45) is 4.99 Å². The van der Waals surface area contributed by atoms with Gasteiger partial charge in [-0.1, -0.05) is 18.7 Å². The number of aliphatic imine (C=N–C) groups is 1. The molecule has 17 heavy (non-hydrogen) atoms. The van der Waals surface area contributed by atoms with Crippen LogP contribution >= 0.6 is 11.8 Å². The highest BCUT2D eigenvalue weighted by atomic mass is 32.2. The van der Waals surface area contributed by atoms with Crippen molar-refractivity contribution < 1.29 is 0 Å². The summed E-state index contributed by atoms with van der Waals surface area (Å²) in [6, 6.07) is 0.542. The van der Waals surface area contributed by atoms with Crippen molar-refractivity contribution in [2.75, 3.05) is 25.9 Å². The van der Waals surface area contributed by atoms with E-state index in [1.165, 1.54) is 49.7 Å². The number of nitrogens with one attached hydrogen (secondary N) is 1. The summed E-state index contributed by atoms with van der Waals surface area (Å²) in [5, 5.41) is 4.83. The molecule has 0 bridgehead atoms. The van der Waals surface area contributed by atoms with E-state index >= 15 is 0 Å². The highest BCUT2D eigenvalue weighted by molar-refractivity contribution is 8.13. The molecule has 1 N–H and O–H groups in total. The molecule has 1 unspecified atom stereocenters. The van der Waals surface area contributed by atoms with E-state index < -0.39 is 0 Å². The lowest BCUT2D eigenvalue weighted by Gasteiger charge is -2.36. The number of hydrogen-bond acceptors (Lipinski definition) is 3. The van der Waals surface area contributed by atoms with E-state index in [9.17, 15) is 0 Å². The van der Waals surface area contributed by atoms with E-state index in [4.69, 9.17) is 4.99 Å². The van der Waals surface area contributed by atoms with Gasteiger partial charge in [-0.25, -0.2) is 0 Å². The number of rotatable bonds is 2. The van der Waals surface area contributed by atoms with Gasteiger partial charge in [-0.05, 0) is 52.7 Å². The maximum absolute atomic E-state index is 4.91. The summed E-state index contributed by atoms with van der Waals surface area (Å²) in [7, 11) is 2.20. The van der Waals surface area contributed by atoms with E-state index in [1.54, 1.807) is 0 Å². The van der Waals surface area contributed by atoms with Crippen molar-refractivity contribution >= 4 is 16.9 Å². The molecule has 0 spiro atoms. The Bertz CT molecular complexity index is 284. The van der Waals surface area contributed by atoms with Crippen LogP contribution in [-0.4, -0.2) is 47.5 Å². The molecule has 2 aliphatic rings. The molecule has 0 aliphatic carbocycles. The van der Waals surface area contributed by atoms with E-state index in [0.29, 0.717) is 6.04 Å². The molecular formula is C13H25N3S. The lowest BCUT2D eigenvalue weighted by atomic mass is 9.96. The second kappa shape index (κ2) is 5.61. The summed E-state index contributed by atoms with van der Waals surface area (Å²) in [5.74, 6) is 1.21. The Morgan fingerprint density at radius 3 is 2.82 bits per heavy atom. The minimum absolute atomic E-state index is 0.273. The molecule has 0 radical (unpaired) electrons. The first-order chi connectivity index (χ1) is 8.11. The van der Waals surface area contributed by atoms with Crippen molar-refractivity contribution in [1.82, 2.24) is 10.2 Å². The fourth-order valence-corrected chi connectivity index (χ4v) is 3.64.